The highest BCUT2D eigenvalue weighted by Crippen LogP contribution is 2.28. The summed E-state index contributed by atoms with van der Waals surface area (Å²) in [6.07, 6.45) is 1.21. The van der Waals surface area contributed by atoms with Gasteiger partial charge in [0.1, 0.15) is 11.7 Å². The molecule has 0 unspecified atom stereocenters. The molecule has 0 saturated carbocycles. The van der Waals surface area contributed by atoms with Gasteiger partial charge < -0.3 is 9.80 Å². The summed E-state index contributed by atoms with van der Waals surface area (Å²) >= 11 is 0. The van der Waals surface area contributed by atoms with Crippen LogP contribution in [0.3, 0.4) is 0 Å². The van der Waals surface area contributed by atoms with Gasteiger partial charge in [-0.1, -0.05) is 91.0 Å². The molecule has 0 aliphatic carbocycles. The van der Waals surface area contributed by atoms with E-state index in [4.69, 9.17) is 0 Å². The van der Waals surface area contributed by atoms with Gasteiger partial charge in [-0.3, -0.25) is 19.6 Å². The van der Waals surface area contributed by atoms with Crippen LogP contribution in [-0.2, 0) is 41.8 Å². The Labute approximate surface area is 270 Å². The second kappa shape index (κ2) is 13.8. The van der Waals surface area contributed by atoms with E-state index in [0.717, 1.165) is 45.8 Å². The van der Waals surface area contributed by atoms with Gasteiger partial charge in [0.15, 0.2) is 0 Å². The van der Waals surface area contributed by atoms with E-state index in [-0.39, 0.29) is 18.9 Å². The molecule has 0 spiro atoms. The zero-order chi connectivity index (χ0) is 32.8. The van der Waals surface area contributed by atoms with Crippen LogP contribution in [0.1, 0.15) is 33.5 Å². The van der Waals surface area contributed by atoms with Crippen LogP contribution < -0.4 is 0 Å². The third kappa shape index (κ3) is 7.64. The predicted octanol–water partition coefficient (Wildman–Crippen LogP) is 7.36. The molecular formula is C38H31F3N4O2. The quantitative estimate of drug-likeness (QED) is 0.159. The fraction of sp³-hybridized carbons (Fsp3) is 0.158. The van der Waals surface area contributed by atoms with Crippen molar-refractivity contribution < 1.29 is 22.8 Å². The highest BCUT2D eigenvalue weighted by Gasteiger charge is 2.35. The Morgan fingerprint density at radius 1 is 0.787 bits per heavy atom. The molecule has 2 aromatic heterocycles. The van der Waals surface area contributed by atoms with Crippen molar-refractivity contribution in [2.75, 3.05) is 0 Å². The Morgan fingerprint density at radius 2 is 1.47 bits per heavy atom. The van der Waals surface area contributed by atoms with Gasteiger partial charge in [-0.05, 0) is 52.1 Å². The van der Waals surface area contributed by atoms with Crippen LogP contribution in [0.15, 0.2) is 128 Å². The largest absolute Gasteiger partial charge is 0.433 e. The molecular weight excluding hydrogens is 601 g/mol. The molecule has 0 N–H and O–H groups in total. The average molecular weight is 633 g/mol. The van der Waals surface area contributed by atoms with Crippen molar-refractivity contribution in [3.05, 3.63) is 161 Å². The standard InChI is InChI=1S/C38H31F3N4O2/c39-38(40,41)35-19-15-28(23-43-35)16-20-36(46)45(24-29-13-17-30(18-14-29)33-12-6-7-21-42-33)34(22-27-8-2-1-3-9-27)37(47)44-25-31-10-4-5-11-32(31)26-44/h1-21,23,34H,22,24-26H2/t34-/m0/s1. The lowest BCUT2D eigenvalue weighted by atomic mass is 10.0. The minimum atomic E-state index is -4.57. The SMILES string of the molecule is O=C([C@H](Cc1ccccc1)N(Cc1ccc(-c2ccccn2)cc1)C(=O)C=Cc1ccc(C(F)(F)F)nc1)N1Cc2ccccc2C1. The zero-order valence-electron chi connectivity index (χ0n) is 25.3. The molecule has 6 rings (SSSR count). The van der Waals surface area contributed by atoms with Gasteiger partial charge in [0.2, 0.25) is 11.8 Å². The Hall–Kier alpha value is -5.57. The predicted molar refractivity (Wildman–Crippen MR) is 173 cm³/mol. The molecule has 1 aliphatic rings. The maximum Gasteiger partial charge on any atom is 0.433 e. The molecule has 0 radical (unpaired) electrons. The number of nitrogens with zero attached hydrogens (tertiary/aromatic N) is 4. The van der Waals surface area contributed by atoms with E-state index in [1.165, 1.54) is 18.2 Å². The van der Waals surface area contributed by atoms with Crippen LogP contribution in [0.25, 0.3) is 17.3 Å². The van der Waals surface area contributed by atoms with E-state index in [1.54, 1.807) is 16.0 Å². The smallest absolute Gasteiger partial charge is 0.332 e. The number of carbonyl (C=O) groups is 2. The maximum absolute atomic E-state index is 14.4. The molecule has 236 valence electrons. The fourth-order valence-corrected chi connectivity index (χ4v) is 5.66. The van der Waals surface area contributed by atoms with E-state index < -0.39 is 23.8 Å². The Kier molecular flexibility index (Phi) is 9.24. The number of fused-ring (bicyclic) bond motifs is 1. The van der Waals surface area contributed by atoms with Crippen LogP contribution in [0.2, 0.25) is 0 Å². The highest BCUT2D eigenvalue weighted by molar-refractivity contribution is 5.96. The lowest BCUT2D eigenvalue weighted by molar-refractivity contribution is -0.144. The molecule has 0 saturated heterocycles. The first-order valence-corrected chi connectivity index (χ1v) is 15.2. The Bertz CT molecular complexity index is 1840. The van der Waals surface area contributed by atoms with E-state index in [2.05, 4.69) is 9.97 Å². The maximum atomic E-state index is 14.4. The number of benzene rings is 3. The number of halogens is 3. The van der Waals surface area contributed by atoms with E-state index in [1.807, 2.05) is 97.1 Å². The molecule has 47 heavy (non-hydrogen) atoms. The molecule has 3 aromatic carbocycles. The number of rotatable bonds is 9. The van der Waals surface area contributed by atoms with E-state index >= 15 is 0 Å². The van der Waals surface area contributed by atoms with Crippen molar-refractivity contribution >= 4 is 17.9 Å². The van der Waals surface area contributed by atoms with Crippen LogP contribution in [0.5, 0.6) is 0 Å². The van der Waals surface area contributed by atoms with Crippen molar-refractivity contribution in [3.8, 4) is 11.3 Å². The topological polar surface area (TPSA) is 66.4 Å². The first-order chi connectivity index (χ1) is 22.7. The zero-order valence-corrected chi connectivity index (χ0v) is 25.3. The number of alkyl halides is 3. The molecule has 2 amide bonds. The number of hydrogen-bond donors (Lipinski definition) is 0. The van der Waals surface area contributed by atoms with Gasteiger partial charge >= 0.3 is 6.18 Å². The number of amides is 2. The van der Waals surface area contributed by atoms with Gasteiger partial charge in [-0.15, -0.1) is 0 Å². The summed E-state index contributed by atoms with van der Waals surface area (Å²) in [6, 6.07) is 32.0. The van der Waals surface area contributed by atoms with Crippen molar-refractivity contribution in [1.82, 2.24) is 19.8 Å². The molecule has 9 heteroatoms. The molecule has 1 aliphatic heterocycles. The normalized spacial score (nSPS) is 13.4. The average Bonchev–Trinajstić information content (AvgIpc) is 3.54. The summed E-state index contributed by atoms with van der Waals surface area (Å²) in [5.41, 5.74) is 4.86. The lowest BCUT2D eigenvalue weighted by Gasteiger charge is -2.33. The monoisotopic (exact) mass is 632 g/mol. The third-order valence-electron chi connectivity index (χ3n) is 8.13. The van der Waals surface area contributed by atoms with Crippen molar-refractivity contribution in [2.45, 2.75) is 38.3 Å². The minimum Gasteiger partial charge on any atom is -0.332 e. The molecule has 6 nitrogen and oxygen atoms in total. The second-order valence-corrected chi connectivity index (χ2v) is 11.4. The summed E-state index contributed by atoms with van der Waals surface area (Å²) in [5.74, 6) is -0.641. The van der Waals surface area contributed by atoms with Gasteiger partial charge in [0, 0.05) is 50.1 Å². The van der Waals surface area contributed by atoms with Gasteiger partial charge in [-0.25, -0.2) is 0 Å². The summed E-state index contributed by atoms with van der Waals surface area (Å²) in [5, 5.41) is 0. The molecule has 0 bridgehead atoms. The molecule has 0 fully saturated rings. The summed E-state index contributed by atoms with van der Waals surface area (Å²) in [6.45, 7) is 1.00. The summed E-state index contributed by atoms with van der Waals surface area (Å²) in [7, 11) is 0. The van der Waals surface area contributed by atoms with Gasteiger partial charge in [-0.2, -0.15) is 13.2 Å². The van der Waals surface area contributed by atoms with E-state index in [9.17, 15) is 22.8 Å². The number of hydrogen-bond acceptors (Lipinski definition) is 4. The van der Waals surface area contributed by atoms with Gasteiger partial charge in [0.25, 0.3) is 0 Å². The fourth-order valence-electron chi connectivity index (χ4n) is 5.66. The van der Waals surface area contributed by atoms with Crippen LogP contribution >= 0.6 is 0 Å². The van der Waals surface area contributed by atoms with Crippen molar-refractivity contribution in [2.24, 2.45) is 0 Å². The molecule has 1 atom stereocenters. The summed E-state index contributed by atoms with van der Waals surface area (Å²) in [4.78, 5) is 39.7. The number of aromatic nitrogens is 2. The van der Waals surface area contributed by atoms with Crippen molar-refractivity contribution in [1.29, 1.82) is 0 Å². The molecule has 3 heterocycles. The Balaban J connectivity index is 1.33. The second-order valence-electron chi connectivity index (χ2n) is 11.4. The van der Waals surface area contributed by atoms with Crippen molar-refractivity contribution in [3.63, 3.8) is 0 Å². The highest BCUT2D eigenvalue weighted by atomic mass is 19.4. The Morgan fingerprint density at radius 3 is 2.09 bits per heavy atom. The first-order valence-electron chi connectivity index (χ1n) is 15.2. The number of carbonyl (C=O) groups excluding carboxylic acids is 2. The lowest BCUT2D eigenvalue weighted by Crippen LogP contribution is -2.50. The van der Waals surface area contributed by atoms with Crippen LogP contribution in [0, 0.1) is 0 Å². The van der Waals surface area contributed by atoms with Crippen LogP contribution in [-0.4, -0.2) is 37.6 Å². The summed E-state index contributed by atoms with van der Waals surface area (Å²) < 4.78 is 39.1. The molecule has 5 aromatic rings. The van der Waals surface area contributed by atoms with E-state index in [0.29, 0.717) is 18.7 Å². The first kappa shape index (κ1) is 31.4. The van der Waals surface area contributed by atoms with Gasteiger partial charge in [0.05, 0.1) is 5.69 Å². The number of pyridine rings is 2. The third-order valence-corrected chi connectivity index (χ3v) is 8.13. The van der Waals surface area contributed by atoms with Crippen LogP contribution in [0.4, 0.5) is 13.2 Å². The minimum absolute atomic E-state index is 0.126.